The lowest BCUT2D eigenvalue weighted by molar-refractivity contribution is -0.126. The maximum absolute atomic E-state index is 12.1. The average molecular weight is 282 g/mol. The lowest BCUT2D eigenvalue weighted by Crippen LogP contribution is -2.47. The fourth-order valence-electron chi connectivity index (χ4n) is 2.39. The van der Waals surface area contributed by atoms with Crippen LogP contribution in [0, 0.1) is 11.8 Å². The van der Waals surface area contributed by atoms with E-state index in [4.69, 9.17) is 4.74 Å². The number of carbonyl (C=O) groups is 2. The molecule has 1 saturated heterocycles. The number of hydrogen-bond acceptors (Lipinski definition) is 3. The molecule has 1 saturated carbocycles. The minimum Gasteiger partial charge on any atom is -0.444 e. The highest BCUT2D eigenvalue weighted by Crippen LogP contribution is 2.28. The predicted molar refractivity (Wildman–Crippen MR) is 76.3 cm³/mol. The van der Waals surface area contributed by atoms with Crippen LogP contribution >= 0.6 is 0 Å². The number of rotatable bonds is 3. The van der Waals surface area contributed by atoms with E-state index < -0.39 is 5.60 Å². The Labute approximate surface area is 121 Å². The van der Waals surface area contributed by atoms with E-state index in [0.29, 0.717) is 19.0 Å². The molecule has 2 rings (SSSR count). The number of nitrogens with one attached hydrogen (secondary N) is 1. The molecule has 1 unspecified atom stereocenters. The molecule has 1 aliphatic heterocycles. The van der Waals surface area contributed by atoms with Gasteiger partial charge in [-0.3, -0.25) is 4.79 Å². The highest BCUT2D eigenvalue weighted by molar-refractivity contribution is 5.80. The molecule has 5 nitrogen and oxygen atoms in total. The van der Waals surface area contributed by atoms with Gasteiger partial charge in [0.15, 0.2) is 0 Å². The van der Waals surface area contributed by atoms with Gasteiger partial charge in [0.2, 0.25) is 5.91 Å². The maximum Gasteiger partial charge on any atom is 0.410 e. The molecule has 5 heteroatoms. The van der Waals surface area contributed by atoms with Crippen molar-refractivity contribution in [3.05, 3.63) is 0 Å². The van der Waals surface area contributed by atoms with Crippen molar-refractivity contribution in [3.63, 3.8) is 0 Å². The Morgan fingerprint density at radius 1 is 1.25 bits per heavy atom. The van der Waals surface area contributed by atoms with Gasteiger partial charge in [0, 0.05) is 19.6 Å². The van der Waals surface area contributed by atoms with Gasteiger partial charge in [-0.15, -0.1) is 0 Å². The first-order chi connectivity index (χ1) is 9.35. The van der Waals surface area contributed by atoms with Crippen molar-refractivity contribution < 1.29 is 14.3 Å². The number of amides is 2. The van der Waals surface area contributed by atoms with Crippen LogP contribution < -0.4 is 5.32 Å². The number of nitrogens with zero attached hydrogens (tertiary/aromatic N) is 1. The van der Waals surface area contributed by atoms with E-state index in [9.17, 15) is 9.59 Å². The zero-order valence-electron chi connectivity index (χ0n) is 12.8. The van der Waals surface area contributed by atoms with Gasteiger partial charge in [0.05, 0.1) is 5.92 Å². The lowest BCUT2D eigenvalue weighted by Gasteiger charge is -2.33. The Hall–Kier alpha value is -1.26. The standard InChI is InChI=1S/C15H26N2O3/c1-15(2,3)20-14(19)17-8-4-5-12(10-17)13(18)16-9-11-6-7-11/h11-12H,4-10H2,1-3H3,(H,16,18). The minimum atomic E-state index is -0.488. The second-order valence-corrected chi connectivity index (χ2v) is 6.95. The third kappa shape index (κ3) is 4.69. The van der Waals surface area contributed by atoms with E-state index in [1.807, 2.05) is 20.8 Å². The van der Waals surface area contributed by atoms with Crippen molar-refractivity contribution in [2.24, 2.45) is 11.8 Å². The SMILES string of the molecule is CC(C)(C)OC(=O)N1CCCC(C(=O)NCC2CC2)C1. The van der Waals surface area contributed by atoms with Gasteiger partial charge in [-0.25, -0.2) is 4.79 Å². The van der Waals surface area contributed by atoms with E-state index in [0.717, 1.165) is 19.4 Å². The van der Waals surface area contributed by atoms with Crippen molar-refractivity contribution in [1.29, 1.82) is 0 Å². The summed E-state index contributed by atoms with van der Waals surface area (Å²) in [4.78, 5) is 25.8. The molecule has 0 radical (unpaired) electrons. The highest BCUT2D eigenvalue weighted by Gasteiger charge is 2.31. The van der Waals surface area contributed by atoms with Gasteiger partial charge in [-0.1, -0.05) is 0 Å². The summed E-state index contributed by atoms with van der Waals surface area (Å²) < 4.78 is 5.37. The summed E-state index contributed by atoms with van der Waals surface area (Å²) in [6.07, 6.45) is 3.87. The molecule has 1 heterocycles. The van der Waals surface area contributed by atoms with Crippen LogP contribution in [0.5, 0.6) is 0 Å². The lowest BCUT2D eigenvalue weighted by atomic mass is 9.97. The Morgan fingerprint density at radius 2 is 1.95 bits per heavy atom. The molecule has 2 aliphatic rings. The van der Waals surface area contributed by atoms with Crippen LogP contribution in [0.4, 0.5) is 4.79 Å². The van der Waals surface area contributed by atoms with Crippen molar-refractivity contribution >= 4 is 12.0 Å². The molecule has 2 fully saturated rings. The Morgan fingerprint density at radius 3 is 2.55 bits per heavy atom. The van der Waals surface area contributed by atoms with Gasteiger partial charge in [0.25, 0.3) is 0 Å². The largest absolute Gasteiger partial charge is 0.444 e. The van der Waals surface area contributed by atoms with Gasteiger partial charge >= 0.3 is 6.09 Å². The van der Waals surface area contributed by atoms with E-state index >= 15 is 0 Å². The molecule has 2 amide bonds. The Balaban J connectivity index is 1.80. The summed E-state index contributed by atoms with van der Waals surface area (Å²) in [6, 6.07) is 0. The average Bonchev–Trinajstić information content (AvgIpc) is 3.18. The maximum atomic E-state index is 12.1. The van der Waals surface area contributed by atoms with Crippen LogP contribution in [0.1, 0.15) is 46.5 Å². The van der Waals surface area contributed by atoms with Gasteiger partial charge in [-0.2, -0.15) is 0 Å². The number of likely N-dealkylation sites (tertiary alicyclic amines) is 1. The third-order valence-electron chi connectivity index (χ3n) is 3.71. The first-order valence-corrected chi connectivity index (χ1v) is 7.61. The first-order valence-electron chi connectivity index (χ1n) is 7.61. The summed E-state index contributed by atoms with van der Waals surface area (Å²) in [7, 11) is 0. The van der Waals surface area contributed by atoms with Crippen LogP contribution in [-0.4, -0.2) is 42.1 Å². The number of ether oxygens (including phenoxy) is 1. The molecule has 1 atom stereocenters. The molecule has 0 aromatic rings. The highest BCUT2D eigenvalue weighted by atomic mass is 16.6. The monoisotopic (exact) mass is 282 g/mol. The minimum absolute atomic E-state index is 0.0879. The molecule has 0 spiro atoms. The quantitative estimate of drug-likeness (QED) is 0.863. The van der Waals surface area contributed by atoms with Gasteiger partial charge in [0.1, 0.15) is 5.60 Å². The molecule has 0 aromatic carbocycles. The summed E-state index contributed by atoms with van der Waals surface area (Å²) >= 11 is 0. The molecule has 1 aliphatic carbocycles. The normalized spacial score (nSPS) is 23.4. The fourth-order valence-corrected chi connectivity index (χ4v) is 2.39. The summed E-state index contributed by atoms with van der Waals surface area (Å²) in [5.74, 6) is 0.685. The van der Waals surface area contributed by atoms with E-state index in [2.05, 4.69) is 5.32 Å². The Kier molecular flexibility index (Phi) is 4.55. The van der Waals surface area contributed by atoms with E-state index in [-0.39, 0.29) is 17.9 Å². The van der Waals surface area contributed by atoms with Crippen LogP contribution in [-0.2, 0) is 9.53 Å². The zero-order valence-corrected chi connectivity index (χ0v) is 12.8. The first kappa shape index (κ1) is 15.1. The number of piperidine rings is 1. The summed E-state index contributed by atoms with van der Waals surface area (Å²) in [5, 5.41) is 3.00. The topological polar surface area (TPSA) is 58.6 Å². The molecule has 1 N–H and O–H groups in total. The van der Waals surface area contributed by atoms with Gasteiger partial charge < -0.3 is 15.0 Å². The third-order valence-corrected chi connectivity index (χ3v) is 3.71. The smallest absolute Gasteiger partial charge is 0.410 e. The van der Waals surface area contributed by atoms with Crippen LogP contribution in [0.15, 0.2) is 0 Å². The molecule has 0 aromatic heterocycles. The zero-order chi connectivity index (χ0) is 14.8. The number of carbonyl (C=O) groups excluding carboxylic acids is 2. The predicted octanol–water partition coefficient (Wildman–Crippen LogP) is 2.16. The molecule has 0 bridgehead atoms. The van der Waals surface area contributed by atoms with Crippen molar-refractivity contribution in [3.8, 4) is 0 Å². The van der Waals surface area contributed by atoms with Crippen molar-refractivity contribution in [2.45, 2.75) is 52.1 Å². The number of hydrogen-bond donors (Lipinski definition) is 1. The summed E-state index contributed by atoms with van der Waals surface area (Å²) in [5.41, 5.74) is -0.488. The molecular weight excluding hydrogens is 256 g/mol. The van der Waals surface area contributed by atoms with Crippen molar-refractivity contribution in [1.82, 2.24) is 10.2 Å². The fraction of sp³-hybridized carbons (Fsp3) is 0.867. The second-order valence-electron chi connectivity index (χ2n) is 6.95. The van der Waals surface area contributed by atoms with Crippen LogP contribution in [0.25, 0.3) is 0 Å². The summed E-state index contributed by atoms with van der Waals surface area (Å²) in [6.45, 7) is 7.52. The van der Waals surface area contributed by atoms with Crippen LogP contribution in [0.3, 0.4) is 0 Å². The molecule has 20 heavy (non-hydrogen) atoms. The van der Waals surface area contributed by atoms with Gasteiger partial charge in [-0.05, 0) is 52.4 Å². The van der Waals surface area contributed by atoms with E-state index in [1.54, 1.807) is 4.90 Å². The van der Waals surface area contributed by atoms with Crippen LogP contribution in [0.2, 0.25) is 0 Å². The van der Waals surface area contributed by atoms with E-state index in [1.165, 1.54) is 12.8 Å². The Bertz CT molecular complexity index is 372. The molecular formula is C15H26N2O3. The molecule has 114 valence electrons. The second kappa shape index (κ2) is 6.02. The van der Waals surface area contributed by atoms with Crippen molar-refractivity contribution in [2.75, 3.05) is 19.6 Å².